The Kier molecular flexibility index (Phi) is 5.06. The number of hydrogen-bond donors (Lipinski definition) is 2. The van der Waals surface area contributed by atoms with Crippen molar-refractivity contribution in [3.8, 4) is 5.88 Å². The number of nitrogens with two attached hydrogens (primary N) is 1. The van der Waals surface area contributed by atoms with Crippen LogP contribution in [0.5, 0.6) is 5.88 Å². The van der Waals surface area contributed by atoms with Crippen LogP contribution in [0.2, 0.25) is 0 Å². The molecule has 3 aliphatic rings. The summed E-state index contributed by atoms with van der Waals surface area (Å²) in [5.41, 5.74) is 5.26. The summed E-state index contributed by atoms with van der Waals surface area (Å²) in [6.07, 6.45) is 6.02. The van der Waals surface area contributed by atoms with Crippen LogP contribution in [0.25, 0.3) is 0 Å². The Morgan fingerprint density at radius 3 is 2.97 bits per heavy atom. The molecule has 3 N–H and O–H groups in total. The fourth-order valence-corrected chi connectivity index (χ4v) is 6.03. The summed E-state index contributed by atoms with van der Waals surface area (Å²) in [4.78, 5) is 13.1. The van der Waals surface area contributed by atoms with Crippen LogP contribution in [-0.4, -0.2) is 33.7 Å². The number of amides is 2. The third kappa shape index (κ3) is 3.60. The molecule has 0 saturated heterocycles. The molecule has 2 aliphatic carbocycles. The molecular formula is C22H29N5O4S. The normalized spacial score (nSPS) is 22.3. The lowest BCUT2D eigenvalue weighted by atomic mass is 9.94. The first-order chi connectivity index (χ1) is 15.2. The second kappa shape index (κ2) is 7.57. The summed E-state index contributed by atoms with van der Waals surface area (Å²) in [6, 6.07) is 1.49. The lowest BCUT2D eigenvalue weighted by Gasteiger charge is -2.30. The average Bonchev–Trinajstić information content (AvgIpc) is 3.43. The van der Waals surface area contributed by atoms with E-state index in [1.807, 2.05) is 0 Å². The van der Waals surface area contributed by atoms with Gasteiger partial charge in [-0.15, -0.1) is 4.36 Å². The molecular weight excluding hydrogens is 430 g/mol. The van der Waals surface area contributed by atoms with Gasteiger partial charge in [-0.3, -0.25) is 0 Å². The Balaban J connectivity index is 1.47. The van der Waals surface area contributed by atoms with E-state index in [-0.39, 0.29) is 16.4 Å². The summed E-state index contributed by atoms with van der Waals surface area (Å²) >= 11 is 0. The van der Waals surface area contributed by atoms with Gasteiger partial charge in [-0.25, -0.2) is 18.8 Å². The van der Waals surface area contributed by atoms with Gasteiger partial charge in [-0.1, -0.05) is 19.9 Å². The SMILES string of the molecule is CO[C@@H]1CCc2c1cc1c(c2NC(=O)N=[S@](N)(=O)c2cnn3c2OCC(C)(C)C3)CCC1. The lowest BCUT2D eigenvalue weighted by Crippen LogP contribution is -2.33. The van der Waals surface area contributed by atoms with Crippen molar-refractivity contribution in [3.63, 3.8) is 0 Å². The third-order valence-electron chi connectivity index (χ3n) is 6.53. The molecule has 2 heterocycles. The number of benzene rings is 1. The molecule has 1 aromatic carbocycles. The van der Waals surface area contributed by atoms with Crippen molar-refractivity contribution < 1.29 is 18.5 Å². The maximum absolute atomic E-state index is 13.2. The van der Waals surface area contributed by atoms with Crippen molar-refractivity contribution in [1.29, 1.82) is 0 Å². The van der Waals surface area contributed by atoms with E-state index in [0.717, 1.165) is 54.5 Å². The van der Waals surface area contributed by atoms with Gasteiger partial charge in [-0.05, 0) is 54.4 Å². The van der Waals surface area contributed by atoms with E-state index < -0.39 is 15.9 Å². The maximum atomic E-state index is 13.2. The van der Waals surface area contributed by atoms with Gasteiger partial charge in [0.05, 0.1) is 25.5 Å². The summed E-state index contributed by atoms with van der Waals surface area (Å²) < 4.78 is 30.1. The number of carbonyl (C=O) groups excluding carboxylic acids is 1. The first-order valence-corrected chi connectivity index (χ1v) is 12.5. The van der Waals surface area contributed by atoms with Crippen molar-refractivity contribution >= 4 is 21.6 Å². The molecule has 1 aromatic heterocycles. The van der Waals surface area contributed by atoms with Crippen LogP contribution in [0.4, 0.5) is 10.5 Å². The van der Waals surface area contributed by atoms with Gasteiger partial charge in [0.15, 0.2) is 9.92 Å². The summed E-state index contributed by atoms with van der Waals surface area (Å²) in [5.74, 6) is 0.317. The zero-order valence-electron chi connectivity index (χ0n) is 18.6. The molecule has 2 aromatic rings. The molecule has 2 amide bonds. The van der Waals surface area contributed by atoms with Gasteiger partial charge in [-0.2, -0.15) is 5.10 Å². The molecule has 0 fully saturated rings. The van der Waals surface area contributed by atoms with Crippen molar-refractivity contribution in [2.24, 2.45) is 14.9 Å². The fourth-order valence-electron chi connectivity index (χ4n) is 5.03. The first-order valence-electron chi connectivity index (χ1n) is 10.9. The second-order valence-electron chi connectivity index (χ2n) is 9.59. The van der Waals surface area contributed by atoms with Crippen LogP contribution in [0.3, 0.4) is 0 Å². The largest absolute Gasteiger partial charge is 0.476 e. The molecule has 10 heteroatoms. The Labute approximate surface area is 188 Å². The topological polar surface area (TPSA) is 121 Å². The highest BCUT2D eigenvalue weighted by Gasteiger charge is 2.33. The number of anilines is 1. The molecule has 0 spiro atoms. The van der Waals surface area contributed by atoms with Crippen LogP contribution < -0.4 is 15.2 Å². The number of nitrogens with zero attached hydrogens (tertiary/aromatic N) is 3. The minimum absolute atomic E-state index is 0.0302. The molecule has 0 saturated carbocycles. The quantitative estimate of drug-likeness (QED) is 0.729. The van der Waals surface area contributed by atoms with E-state index in [0.29, 0.717) is 19.0 Å². The molecule has 1 aliphatic heterocycles. The second-order valence-corrected chi connectivity index (χ2v) is 11.3. The highest BCUT2D eigenvalue weighted by Crippen LogP contribution is 2.43. The van der Waals surface area contributed by atoms with Crippen LogP contribution in [0, 0.1) is 5.41 Å². The number of nitrogens with one attached hydrogen (secondary N) is 1. The summed E-state index contributed by atoms with van der Waals surface area (Å²) in [6.45, 7) is 5.16. The minimum atomic E-state index is -3.53. The van der Waals surface area contributed by atoms with E-state index in [1.165, 1.54) is 11.8 Å². The van der Waals surface area contributed by atoms with Crippen LogP contribution in [0.1, 0.15) is 55.0 Å². The number of ether oxygens (including phenoxy) is 2. The zero-order valence-corrected chi connectivity index (χ0v) is 19.5. The predicted octanol–water partition coefficient (Wildman–Crippen LogP) is 3.36. The predicted molar refractivity (Wildman–Crippen MR) is 120 cm³/mol. The van der Waals surface area contributed by atoms with E-state index >= 15 is 0 Å². The lowest BCUT2D eigenvalue weighted by molar-refractivity contribution is 0.0972. The van der Waals surface area contributed by atoms with Crippen LogP contribution in [0.15, 0.2) is 21.5 Å². The van der Waals surface area contributed by atoms with Crippen molar-refractivity contribution in [2.45, 2.75) is 63.5 Å². The third-order valence-corrected chi connectivity index (χ3v) is 7.88. The summed E-state index contributed by atoms with van der Waals surface area (Å²) in [5, 5.41) is 13.2. The van der Waals surface area contributed by atoms with Crippen molar-refractivity contribution in [3.05, 3.63) is 34.5 Å². The van der Waals surface area contributed by atoms with E-state index in [2.05, 4.69) is 34.7 Å². The molecule has 0 bridgehead atoms. The Hall–Kier alpha value is -2.43. The number of carbonyl (C=O) groups is 1. The Bertz CT molecular complexity index is 1230. The molecule has 2 atom stereocenters. The van der Waals surface area contributed by atoms with Crippen LogP contribution >= 0.6 is 0 Å². The van der Waals surface area contributed by atoms with E-state index in [9.17, 15) is 9.00 Å². The minimum Gasteiger partial charge on any atom is -0.476 e. The standard InChI is InChI=1S/C22H29N5O4S/c1-22(2)11-27-20(31-12-22)18(10-24-27)32(23,29)26-21(28)25-19-14-6-4-5-13(14)9-16-15(19)7-8-17(16)30-3/h9-10,17H,4-8,11-12H2,1-3H3,(H3,23,25,26,28,29)/t17-,32+/m1/s1. The summed E-state index contributed by atoms with van der Waals surface area (Å²) in [7, 11) is -1.82. The Morgan fingerprint density at radius 1 is 1.38 bits per heavy atom. The van der Waals surface area contributed by atoms with Gasteiger partial charge in [0, 0.05) is 18.2 Å². The monoisotopic (exact) mass is 459 g/mol. The number of fused-ring (bicyclic) bond motifs is 3. The number of hydrogen-bond acceptors (Lipinski definition) is 5. The highest BCUT2D eigenvalue weighted by atomic mass is 32.2. The molecule has 9 nitrogen and oxygen atoms in total. The maximum Gasteiger partial charge on any atom is 0.354 e. The number of rotatable bonds is 3. The van der Waals surface area contributed by atoms with Gasteiger partial charge in [0.25, 0.3) is 0 Å². The molecule has 32 heavy (non-hydrogen) atoms. The highest BCUT2D eigenvalue weighted by molar-refractivity contribution is 7.91. The van der Waals surface area contributed by atoms with E-state index in [4.69, 9.17) is 14.6 Å². The average molecular weight is 460 g/mol. The van der Waals surface area contributed by atoms with Gasteiger partial charge in [0.2, 0.25) is 5.88 Å². The molecule has 172 valence electrons. The van der Waals surface area contributed by atoms with Crippen LogP contribution in [-0.2, 0) is 40.5 Å². The number of methoxy groups -OCH3 is 1. The van der Waals surface area contributed by atoms with Gasteiger partial charge in [0.1, 0.15) is 4.90 Å². The molecule has 0 radical (unpaired) electrons. The first kappa shape index (κ1) is 21.4. The van der Waals surface area contributed by atoms with Gasteiger partial charge >= 0.3 is 6.03 Å². The Morgan fingerprint density at radius 2 is 2.19 bits per heavy atom. The zero-order chi connectivity index (χ0) is 22.7. The molecule has 0 unspecified atom stereocenters. The number of aromatic nitrogens is 2. The molecule has 5 rings (SSSR count). The van der Waals surface area contributed by atoms with Gasteiger partial charge < -0.3 is 14.8 Å². The van der Waals surface area contributed by atoms with Crippen molar-refractivity contribution in [2.75, 3.05) is 19.0 Å². The van der Waals surface area contributed by atoms with Crippen molar-refractivity contribution in [1.82, 2.24) is 9.78 Å². The number of urea groups is 1. The fraction of sp³-hybridized carbons (Fsp3) is 0.545. The number of aryl methyl sites for hydroxylation is 1. The smallest absolute Gasteiger partial charge is 0.354 e. The van der Waals surface area contributed by atoms with E-state index in [1.54, 1.807) is 11.8 Å².